The predicted octanol–water partition coefficient (Wildman–Crippen LogP) is 15.3. The van der Waals surface area contributed by atoms with Crippen molar-refractivity contribution < 1.29 is 4.39 Å². The zero-order chi connectivity index (χ0) is 39.7. The second-order valence-corrected chi connectivity index (χ2v) is 16.0. The van der Waals surface area contributed by atoms with Crippen LogP contribution < -0.4 is 4.90 Å². The summed E-state index contributed by atoms with van der Waals surface area (Å²) in [6, 6.07) is 73.3. The van der Waals surface area contributed by atoms with Gasteiger partial charge in [-0.1, -0.05) is 169 Å². The Labute approximate surface area is 345 Å². The summed E-state index contributed by atoms with van der Waals surface area (Å²) < 4.78 is 15.6. The highest BCUT2D eigenvalue weighted by Crippen LogP contribution is 2.64. The second-order valence-electron chi connectivity index (χ2n) is 16.0. The van der Waals surface area contributed by atoms with Gasteiger partial charge in [0.2, 0.25) is 0 Å². The van der Waals surface area contributed by atoms with Crippen molar-refractivity contribution in [2.45, 2.75) is 19.3 Å². The maximum Gasteiger partial charge on any atom is 0.123 e. The van der Waals surface area contributed by atoms with E-state index < -0.39 is 5.41 Å². The SMILES string of the molecule is Cc1ccc2c(c1)C1(c3cc(C)ccc3-2)c2cc(F)ccc2-c2cccc(-c3ccc(N(c4ccc(-c5ccccc5)cc4)c4ccc(-c5ccccc5)cc4)cc3)c21. The van der Waals surface area contributed by atoms with E-state index in [2.05, 4.69) is 207 Å². The third-order valence-electron chi connectivity index (χ3n) is 12.5. The van der Waals surface area contributed by atoms with Crippen LogP contribution in [0, 0.1) is 19.7 Å². The Bertz CT molecular complexity index is 2880. The fourth-order valence-corrected chi connectivity index (χ4v) is 9.83. The third-order valence-corrected chi connectivity index (χ3v) is 12.5. The Morgan fingerprint density at radius 1 is 0.339 bits per heavy atom. The molecule has 0 unspecified atom stereocenters. The number of anilines is 3. The highest BCUT2D eigenvalue weighted by molar-refractivity contribution is 5.99. The Hall–Kier alpha value is -7.29. The summed E-state index contributed by atoms with van der Waals surface area (Å²) in [4.78, 5) is 2.33. The first kappa shape index (κ1) is 34.9. The molecule has 0 aliphatic heterocycles. The Balaban J connectivity index is 1.07. The molecule has 0 saturated heterocycles. The molecule has 1 spiro atoms. The van der Waals surface area contributed by atoms with Crippen molar-refractivity contribution >= 4 is 17.1 Å². The summed E-state index contributed by atoms with van der Waals surface area (Å²) >= 11 is 0. The molecule has 2 aliphatic carbocycles. The Kier molecular flexibility index (Phi) is 8.10. The minimum atomic E-state index is -0.669. The van der Waals surface area contributed by atoms with Crippen molar-refractivity contribution in [1.29, 1.82) is 0 Å². The van der Waals surface area contributed by atoms with E-state index in [0.717, 1.165) is 44.9 Å². The number of rotatable bonds is 6. The van der Waals surface area contributed by atoms with Crippen LogP contribution in [0.5, 0.6) is 0 Å². The lowest BCUT2D eigenvalue weighted by Crippen LogP contribution is -2.27. The summed E-state index contributed by atoms with van der Waals surface area (Å²) in [6.45, 7) is 4.32. The molecule has 0 saturated carbocycles. The van der Waals surface area contributed by atoms with Gasteiger partial charge in [0.15, 0.2) is 0 Å². The minimum Gasteiger partial charge on any atom is -0.311 e. The van der Waals surface area contributed by atoms with Gasteiger partial charge in [-0.3, -0.25) is 0 Å². The second kappa shape index (κ2) is 13.7. The molecular weight excluding hydrogens is 718 g/mol. The van der Waals surface area contributed by atoms with Crippen LogP contribution in [-0.2, 0) is 5.41 Å². The quantitative estimate of drug-likeness (QED) is 0.163. The number of fused-ring (bicyclic) bond motifs is 10. The molecule has 2 heteroatoms. The van der Waals surface area contributed by atoms with E-state index >= 15 is 4.39 Å². The van der Waals surface area contributed by atoms with Crippen LogP contribution in [0.4, 0.5) is 21.5 Å². The molecule has 0 amide bonds. The molecule has 0 aromatic heterocycles. The van der Waals surface area contributed by atoms with Gasteiger partial charge in [-0.15, -0.1) is 0 Å². The normalized spacial score (nSPS) is 12.8. The van der Waals surface area contributed by atoms with E-state index in [4.69, 9.17) is 0 Å². The first-order chi connectivity index (χ1) is 29.0. The minimum absolute atomic E-state index is 0.217. The number of hydrogen-bond donors (Lipinski definition) is 0. The molecular formula is C57H40FN. The van der Waals surface area contributed by atoms with Gasteiger partial charge in [-0.25, -0.2) is 4.39 Å². The van der Waals surface area contributed by atoms with Crippen LogP contribution in [0.2, 0.25) is 0 Å². The van der Waals surface area contributed by atoms with E-state index in [1.807, 2.05) is 6.07 Å². The summed E-state index contributed by atoms with van der Waals surface area (Å²) in [5.74, 6) is -0.217. The van der Waals surface area contributed by atoms with Gasteiger partial charge in [0.25, 0.3) is 0 Å². The first-order valence-corrected chi connectivity index (χ1v) is 20.4. The Morgan fingerprint density at radius 2 is 0.746 bits per heavy atom. The van der Waals surface area contributed by atoms with Crippen LogP contribution in [0.15, 0.2) is 206 Å². The molecule has 0 bridgehead atoms. The van der Waals surface area contributed by atoms with Gasteiger partial charge in [0.1, 0.15) is 5.82 Å². The van der Waals surface area contributed by atoms with Gasteiger partial charge in [0, 0.05) is 17.1 Å². The molecule has 11 rings (SSSR count). The summed E-state index contributed by atoms with van der Waals surface area (Å²) in [7, 11) is 0. The average molecular weight is 758 g/mol. The lowest BCUT2D eigenvalue weighted by atomic mass is 9.68. The predicted molar refractivity (Wildman–Crippen MR) is 243 cm³/mol. The van der Waals surface area contributed by atoms with Crippen LogP contribution in [0.25, 0.3) is 55.6 Å². The maximum absolute atomic E-state index is 15.6. The summed E-state index contributed by atoms with van der Waals surface area (Å²) in [5.41, 5.74) is 21.3. The van der Waals surface area contributed by atoms with Crippen LogP contribution in [0.1, 0.15) is 33.4 Å². The molecule has 9 aromatic carbocycles. The van der Waals surface area contributed by atoms with Crippen molar-refractivity contribution in [3.8, 4) is 55.6 Å². The zero-order valence-electron chi connectivity index (χ0n) is 33.0. The number of aryl methyl sites for hydroxylation is 2. The van der Waals surface area contributed by atoms with Crippen molar-refractivity contribution in [2.75, 3.05) is 4.90 Å². The lowest BCUT2D eigenvalue weighted by Gasteiger charge is -2.33. The zero-order valence-corrected chi connectivity index (χ0v) is 33.0. The van der Waals surface area contributed by atoms with Crippen LogP contribution in [0.3, 0.4) is 0 Å². The standard InChI is InChI=1S/C57H40FN/c1-37-16-31-49-50-32-17-38(2)35-54(50)57(53(49)34-37)55-36-44(58)24-33-51(55)52-15-9-14-48(56(52)57)43-22-29-47(30-23-43)59(45-25-18-41(19-26-45)39-10-5-3-6-11-39)46-27-20-42(21-28-46)40-12-7-4-8-13-40/h3-36H,1-2H3. The van der Waals surface area contributed by atoms with Gasteiger partial charge >= 0.3 is 0 Å². The smallest absolute Gasteiger partial charge is 0.123 e. The molecule has 1 nitrogen and oxygen atoms in total. The largest absolute Gasteiger partial charge is 0.311 e. The molecule has 2 aliphatic rings. The molecule has 0 fully saturated rings. The Morgan fingerprint density at radius 3 is 1.25 bits per heavy atom. The third kappa shape index (κ3) is 5.51. The molecule has 0 heterocycles. The highest BCUT2D eigenvalue weighted by Gasteiger charge is 2.53. The highest BCUT2D eigenvalue weighted by atomic mass is 19.1. The van der Waals surface area contributed by atoms with Crippen molar-refractivity contribution in [3.63, 3.8) is 0 Å². The van der Waals surface area contributed by atoms with Crippen LogP contribution >= 0.6 is 0 Å². The topological polar surface area (TPSA) is 3.24 Å². The van der Waals surface area contributed by atoms with Gasteiger partial charge in [-0.2, -0.15) is 0 Å². The molecule has 9 aromatic rings. The van der Waals surface area contributed by atoms with E-state index in [1.54, 1.807) is 12.1 Å². The number of benzene rings is 9. The number of halogens is 1. The molecule has 280 valence electrons. The van der Waals surface area contributed by atoms with E-state index in [0.29, 0.717) is 0 Å². The molecule has 0 atom stereocenters. The van der Waals surface area contributed by atoms with E-state index in [-0.39, 0.29) is 5.82 Å². The number of hydrogen-bond acceptors (Lipinski definition) is 1. The van der Waals surface area contributed by atoms with Gasteiger partial charge < -0.3 is 4.90 Å². The molecule has 0 N–H and O–H groups in total. The van der Waals surface area contributed by atoms with Gasteiger partial charge in [-0.05, 0) is 140 Å². The van der Waals surface area contributed by atoms with Crippen molar-refractivity contribution in [3.05, 3.63) is 245 Å². The van der Waals surface area contributed by atoms with E-state index in [9.17, 15) is 0 Å². The summed E-state index contributed by atoms with van der Waals surface area (Å²) in [5, 5.41) is 0. The fraction of sp³-hybridized carbons (Fsp3) is 0.0526. The van der Waals surface area contributed by atoms with Crippen molar-refractivity contribution in [1.82, 2.24) is 0 Å². The summed E-state index contributed by atoms with van der Waals surface area (Å²) in [6.07, 6.45) is 0. The van der Waals surface area contributed by atoms with Crippen LogP contribution in [-0.4, -0.2) is 0 Å². The average Bonchev–Trinajstić information content (AvgIpc) is 3.73. The molecule has 59 heavy (non-hydrogen) atoms. The first-order valence-electron chi connectivity index (χ1n) is 20.4. The van der Waals surface area contributed by atoms with Crippen molar-refractivity contribution in [2.24, 2.45) is 0 Å². The van der Waals surface area contributed by atoms with Gasteiger partial charge in [0.05, 0.1) is 5.41 Å². The van der Waals surface area contributed by atoms with E-state index in [1.165, 1.54) is 61.2 Å². The monoisotopic (exact) mass is 757 g/mol. The fourth-order valence-electron chi connectivity index (χ4n) is 9.83. The number of nitrogens with zero attached hydrogens (tertiary/aromatic N) is 1. The maximum atomic E-state index is 15.6. The molecule has 0 radical (unpaired) electrons. The lowest BCUT2D eigenvalue weighted by molar-refractivity contribution is 0.622.